The molecule has 0 spiro atoms. The first-order valence-electron chi connectivity index (χ1n) is 7.74. The second kappa shape index (κ2) is 5.64. The number of aryl methyl sites for hydroxylation is 1. The van der Waals surface area contributed by atoms with E-state index in [0.29, 0.717) is 6.04 Å². The average Bonchev–Trinajstić information content (AvgIpc) is 3.22. The lowest BCUT2D eigenvalue weighted by atomic mass is 9.84. The maximum absolute atomic E-state index is 3.73. The van der Waals surface area contributed by atoms with Gasteiger partial charge in [0.1, 0.15) is 0 Å². The van der Waals surface area contributed by atoms with Gasteiger partial charge in [-0.25, -0.2) is 0 Å². The highest BCUT2D eigenvalue weighted by atomic mass is 15.1. The monoisotopic (exact) mass is 258 g/mol. The Morgan fingerprint density at radius 3 is 2.58 bits per heavy atom. The van der Waals surface area contributed by atoms with E-state index in [1.807, 2.05) is 0 Å². The molecule has 1 aromatic rings. The molecule has 1 aliphatic carbocycles. The molecule has 104 valence electrons. The summed E-state index contributed by atoms with van der Waals surface area (Å²) in [5.74, 6) is 0.766. The Kier molecular flexibility index (Phi) is 3.90. The summed E-state index contributed by atoms with van der Waals surface area (Å²) < 4.78 is 0. The van der Waals surface area contributed by atoms with E-state index in [1.165, 1.54) is 49.9 Å². The Labute approximate surface area is 117 Å². The zero-order valence-electron chi connectivity index (χ0n) is 12.2. The fraction of sp³-hybridized carbons (Fsp3) is 0.647. The van der Waals surface area contributed by atoms with E-state index in [0.717, 1.165) is 12.0 Å². The first kappa shape index (κ1) is 13.1. The Morgan fingerprint density at radius 1 is 1.16 bits per heavy atom. The lowest BCUT2D eigenvalue weighted by Crippen LogP contribution is -2.40. The summed E-state index contributed by atoms with van der Waals surface area (Å²) in [5.41, 5.74) is 2.85. The molecule has 0 radical (unpaired) electrons. The zero-order valence-corrected chi connectivity index (χ0v) is 12.2. The second-order valence-electron chi connectivity index (χ2n) is 6.42. The summed E-state index contributed by atoms with van der Waals surface area (Å²) in [4.78, 5) is 2.55. The first-order chi connectivity index (χ1) is 9.24. The Balaban J connectivity index is 1.73. The lowest BCUT2D eigenvalue weighted by Gasteiger charge is -2.40. The molecule has 1 aromatic carbocycles. The standard InChI is InChI=1S/C17H26N2/c1-13-5-7-14(8-6-13)17-15(4-3-11-19(17)2)12-18-16-9-10-16/h5-8,15-18H,3-4,9-12H2,1-2H3. The van der Waals surface area contributed by atoms with Crippen LogP contribution in [0.15, 0.2) is 24.3 Å². The van der Waals surface area contributed by atoms with E-state index in [-0.39, 0.29) is 0 Å². The van der Waals surface area contributed by atoms with Gasteiger partial charge in [0.15, 0.2) is 0 Å². The number of rotatable bonds is 4. The largest absolute Gasteiger partial charge is 0.314 e. The van der Waals surface area contributed by atoms with Crippen LogP contribution in [0.25, 0.3) is 0 Å². The Bertz CT molecular complexity index is 408. The fourth-order valence-electron chi connectivity index (χ4n) is 3.37. The lowest BCUT2D eigenvalue weighted by molar-refractivity contribution is 0.119. The molecule has 0 aromatic heterocycles. The van der Waals surface area contributed by atoms with Crippen LogP contribution < -0.4 is 5.32 Å². The third-order valence-corrected chi connectivity index (χ3v) is 4.67. The van der Waals surface area contributed by atoms with Gasteiger partial charge < -0.3 is 5.32 Å². The van der Waals surface area contributed by atoms with Crippen molar-refractivity contribution in [2.75, 3.05) is 20.1 Å². The summed E-state index contributed by atoms with van der Waals surface area (Å²) in [5, 5.41) is 3.73. The number of benzene rings is 1. The van der Waals surface area contributed by atoms with Gasteiger partial charge in [-0.05, 0) is 57.7 Å². The van der Waals surface area contributed by atoms with Crippen molar-refractivity contribution in [1.29, 1.82) is 0 Å². The zero-order chi connectivity index (χ0) is 13.2. The molecule has 0 amide bonds. The molecule has 2 unspecified atom stereocenters. The third-order valence-electron chi connectivity index (χ3n) is 4.67. The molecule has 2 atom stereocenters. The highest BCUT2D eigenvalue weighted by Gasteiger charge is 2.31. The van der Waals surface area contributed by atoms with Crippen molar-refractivity contribution in [3.05, 3.63) is 35.4 Å². The Hall–Kier alpha value is -0.860. The molecule has 1 saturated heterocycles. The second-order valence-corrected chi connectivity index (χ2v) is 6.42. The number of nitrogens with zero attached hydrogens (tertiary/aromatic N) is 1. The van der Waals surface area contributed by atoms with Gasteiger partial charge in [0.2, 0.25) is 0 Å². The quantitative estimate of drug-likeness (QED) is 0.892. The van der Waals surface area contributed by atoms with Crippen LogP contribution >= 0.6 is 0 Å². The first-order valence-corrected chi connectivity index (χ1v) is 7.74. The molecule has 3 rings (SSSR count). The van der Waals surface area contributed by atoms with Crippen LogP contribution in [0, 0.1) is 12.8 Å². The summed E-state index contributed by atoms with van der Waals surface area (Å²) in [7, 11) is 2.29. The molecule has 1 aliphatic heterocycles. The van der Waals surface area contributed by atoms with E-state index in [1.54, 1.807) is 0 Å². The van der Waals surface area contributed by atoms with Gasteiger partial charge in [-0.2, -0.15) is 0 Å². The molecule has 2 nitrogen and oxygen atoms in total. The van der Waals surface area contributed by atoms with Gasteiger partial charge in [-0.15, -0.1) is 0 Å². The maximum Gasteiger partial charge on any atom is 0.0385 e. The number of likely N-dealkylation sites (tertiary alicyclic amines) is 1. The topological polar surface area (TPSA) is 15.3 Å². The summed E-state index contributed by atoms with van der Waals surface area (Å²) in [6, 6.07) is 10.6. The summed E-state index contributed by atoms with van der Waals surface area (Å²) in [6.07, 6.45) is 5.48. The molecule has 19 heavy (non-hydrogen) atoms. The Morgan fingerprint density at radius 2 is 1.89 bits per heavy atom. The van der Waals surface area contributed by atoms with E-state index in [9.17, 15) is 0 Å². The van der Waals surface area contributed by atoms with Gasteiger partial charge in [-0.1, -0.05) is 29.8 Å². The van der Waals surface area contributed by atoms with Crippen molar-refractivity contribution in [1.82, 2.24) is 10.2 Å². The van der Waals surface area contributed by atoms with Gasteiger partial charge in [0.25, 0.3) is 0 Å². The van der Waals surface area contributed by atoms with Crippen molar-refractivity contribution in [2.24, 2.45) is 5.92 Å². The maximum atomic E-state index is 3.73. The third kappa shape index (κ3) is 3.18. The van der Waals surface area contributed by atoms with Crippen LogP contribution in [0.3, 0.4) is 0 Å². The fourth-order valence-corrected chi connectivity index (χ4v) is 3.37. The summed E-state index contributed by atoms with van der Waals surface area (Å²) >= 11 is 0. The van der Waals surface area contributed by atoms with Gasteiger partial charge >= 0.3 is 0 Å². The minimum atomic E-state index is 0.598. The average molecular weight is 258 g/mol. The van der Waals surface area contributed by atoms with Crippen molar-refractivity contribution >= 4 is 0 Å². The van der Waals surface area contributed by atoms with Crippen LogP contribution in [-0.2, 0) is 0 Å². The minimum absolute atomic E-state index is 0.598. The van der Waals surface area contributed by atoms with Crippen LogP contribution in [0.4, 0.5) is 0 Å². The van der Waals surface area contributed by atoms with Crippen molar-refractivity contribution in [3.63, 3.8) is 0 Å². The molecule has 2 aliphatic rings. The molecule has 2 fully saturated rings. The van der Waals surface area contributed by atoms with Gasteiger partial charge in [-0.3, -0.25) is 4.90 Å². The van der Waals surface area contributed by atoms with Gasteiger partial charge in [0, 0.05) is 18.6 Å². The highest BCUT2D eigenvalue weighted by Crippen LogP contribution is 2.35. The normalized spacial score (nSPS) is 28.5. The molecule has 1 N–H and O–H groups in total. The number of nitrogens with one attached hydrogen (secondary N) is 1. The SMILES string of the molecule is Cc1ccc(C2C(CNC3CC3)CCCN2C)cc1. The molecule has 1 heterocycles. The van der Waals surface area contributed by atoms with Crippen LogP contribution in [0.2, 0.25) is 0 Å². The smallest absolute Gasteiger partial charge is 0.0385 e. The number of hydrogen-bond acceptors (Lipinski definition) is 2. The molecule has 0 bridgehead atoms. The molecular formula is C17H26N2. The van der Waals surface area contributed by atoms with Crippen molar-refractivity contribution < 1.29 is 0 Å². The van der Waals surface area contributed by atoms with Crippen LogP contribution in [0.5, 0.6) is 0 Å². The predicted octanol–water partition coefficient (Wildman–Crippen LogP) is 3.13. The van der Waals surface area contributed by atoms with E-state index in [4.69, 9.17) is 0 Å². The van der Waals surface area contributed by atoms with Crippen molar-refractivity contribution in [2.45, 2.75) is 44.7 Å². The highest BCUT2D eigenvalue weighted by molar-refractivity contribution is 5.25. The minimum Gasteiger partial charge on any atom is -0.314 e. The van der Waals surface area contributed by atoms with Crippen molar-refractivity contribution in [3.8, 4) is 0 Å². The molecular weight excluding hydrogens is 232 g/mol. The predicted molar refractivity (Wildman–Crippen MR) is 80.3 cm³/mol. The summed E-state index contributed by atoms with van der Waals surface area (Å²) in [6.45, 7) is 4.59. The number of hydrogen-bond donors (Lipinski definition) is 1. The van der Waals surface area contributed by atoms with Crippen LogP contribution in [-0.4, -0.2) is 31.1 Å². The van der Waals surface area contributed by atoms with Crippen LogP contribution in [0.1, 0.15) is 42.9 Å². The number of piperidine rings is 1. The van der Waals surface area contributed by atoms with E-state index >= 15 is 0 Å². The molecule has 1 saturated carbocycles. The van der Waals surface area contributed by atoms with E-state index in [2.05, 4.69) is 48.5 Å². The van der Waals surface area contributed by atoms with E-state index < -0.39 is 0 Å². The molecule has 2 heteroatoms. The van der Waals surface area contributed by atoms with Gasteiger partial charge in [0.05, 0.1) is 0 Å².